The monoisotopic (exact) mass is 533 g/mol. The zero-order chi connectivity index (χ0) is 27.5. The first-order valence-electron chi connectivity index (χ1n) is 13.0. The Morgan fingerprint density at radius 3 is 1.95 bits per heavy atom. The molecule has 8 rings (SSSR count). The van der Waals surface area contributed by atoms with Crippen LogP contribution in [0.25, 0.3) is 0 Å². The Kier molecular flexibility index (Phi) is 5.41. The number of imide groups is 1. The number of hydrogen-bond donors (Lipinski definition) is 1. The Morgan fingerprint density at radius 2 is 1.43 bits per heavy atom. The van der Waals surface area contributed by atoms with Crippen LogP contribution in [0.2, 0.25) is 0 Å². The summed E-state index contributed by atoms with van der Waals surface area (Å²) >= 11 is 0. The molecule has 0 radical (unpaired) electrons. The van der Waals surface area contributed by atoms with Crippen LogP contribution < -0.4 is 10.2 Å². The number of carbonyl (C=O) groups is 4. The van der Waals surface area contributed by atoms with E-state index >= 15 is 0 Å². The minimum absolute atomic E-state index is 0.118. The molecule has 4 aromatic rings. The summed E-state index contributed by atoms with van der Waals surface area (Å²) in [5.41, 5.74) is 4.78. The fraction of sp³-hybridized carbons (Fsp3) is 0.194. The molecule has 198 valence electrons. The maximum atomic E-state index is 14.0. The number of nitrogens with zero attached hydrogens (tertiary/aromatic N) is 2. The maximum Gasteiger partial charge on any atom is 0.338 e. The van der Waals surface area contributed by atoms with Gasteiger partial charge in [0.25, 0.3) is 5.91 Å². The van der Waals surface area contributed by atoms with Crippen LogP contribution in [0.15, 0.2) is 83.4 Å². The molecule has 1 saturated heterocycles. The lowest BCUT2D eigenvalue weighted by molar-refractivity contribution is -0.122. The molecule has 4 aliphatic rings. The number of aromatic nitrogens is 1. The Bertz CT molecular complexity index is 1610. The van der Waals surface area contributed by atoms with Crippen molar-refractivity contribution in [2.45, 2.75) is 18.8 Å². The zero-order valence-electron chi connectivity index (χ0n) is 21.4. The van der Waals surface area contributed by atoms with Crippen molar-refractivity contribution in [3.8, 4) is 0 Å². The van der Waals surface area contributed by atoms with Crippen molar-refractivity contribution in [1.82, 2.24) is 5.16 Å². The minimum atomic E-state index is -0.760. The molecular weight excluding hydrogens is 510 g/mol. The summed E-state index contributed by atoms with van der Waals surface area (Å²) in [6.45, 7) is 1.14. The van der Waals surface area contributed by atoms with Crippen LogP contribution in [-0.4, -0.2) is 35.5 Å². The summed E-state index contributed by atoms with van der Waals surface area (Å²) in [6.07, 6.45) is 0. The van der Waals surface area contributed by atoms with Crippen LogP contribution >= 0.6 is 0 Å². The minimum Gasteiger partial charge on any atom is -0.452 e. The molecule has 40 heavy (non-hydrogen) atoms. The number of hydrogen-bond acceptors (Lipinski definition) is 7. The Labute approximate surface area is 228 Å². The molecule has 0 spiro atoms. The van der Waals surface area contributed by atoms with Crippen molar-refractivity contribution in [3.63, 3.8) is 0 Å². The molecule has 3 aromatic carbocycles. The second-order valence-corrected chi connectivity index (χ2v) is 10.3. The van der Waals surface area contributed by atoms with Crippen LogP contribution in [0.4, 0.5) is 11.5 Å². The van der Waals surface area contributed by atoms with Crippen LogP contribution in [0.1, 0.15) is 50.2 Å². The lowest BCUT2D eigenvalue weighted by atomic mass is 9.55. The van der Waals surface area contributed by atoms with E-state index in [2.05, 4.69) is 34.7 Å². The highest BCUT2D eigenvalue weighted by molar-refractivity contribution is 6.23. The first-order chi connectivity index (χ1) is 19.4. The third-order valence-corrected chi connectivity index (χ3v) is 8.02. The largest absolute Gasteiger partial charge is 0.452 e. The number of rotatable bonds is 5. The molecule has 2 bridgehead atoms. The van der Waals surface area contributed by atoms with Gasteiger partial charge in [0.15, 0.2) is 12.4 Å². The number of ether oxygens (including phenoxy) is 1. The normalized spacial score (nSPS) is 22.0. The number of esters is 1. The van der Waals surface area contributed by atoms with E-state index in [-0.39, 0.29) is 35.0 Å². The topological polar surface area (TPSA) is 119 Å². The van der Waals surface area contributed by atoms with Gasteiger partial charge in [-0.05, 0) is 47.4 Å². The SMILES string of the molecule is Cc1cc(NC(=O)COC(=O)c2cccc(N3C(=O)[C@@H]4C5c6ccccc6C(c6ccccc65)[C@H]4C3=O)c2)no1. The van der Waals surface area contributed by atoms with Gasteiger partial charge in [0.05, 0.1) is 23.1 Å². The fourth-order valence-electron chi connectivity index (χ4n) is 6.52. The van der Waals surface area contributed by atoms with Crippen molar-refractivity contribution >= 4 is 35.2 Å². The maximum absolute atomic E-state index is 14.0. The number of benzene rings is 3. The van der Waals surface area contributed by atoms with Crippen molar-refractivity contribution in [3.05, 3.63) is 112 Å². The molecule has 2 heterocycles. The summed E-state index contributed by atoms with van der Waals surface area (Å²) in [6, 6.07) is 23.8. The summed E-state index contributed by atoms with van der Waals surface area (Å²) in [7, 11) is 0. The fourth-order valence-corrected chi connectivity index (χ4v) is 6.52. The van der Waals surface area contributed by atoms with Gasteiger partial charge in [0, 0.05) is 17.9 Å². The summed E-state index contributed by atoms with van der Waals surface area (Å²) in [5, 5.41) is 6.14. The van der Waals surface area contributed by atoms with Crippen molar-refractivity contribution < 1.29 is 28.4 Å². The molecule has 1 aliphatic heterocycles. The van der Waals surface area contributed by atoms with Crippen LogP contribution in [-0.2, 0) is 19.1 Å². The number of aryl methyl sites for hydroxylation is 1. The summed E-state index contributed by atoms with van der Waals surface area (Å²) < 4.78 is 10.1. The highest BCUT2D eigenvalue weighted by atomic mass is 16.5. The Balaban J connectivity index is 1.15. The highest BCUT2D eigenvalue weighted by Crippen LogP contribution is 2.61. The molecule has 0 saturated carbocycles. The van der Waals surface area contributed by atoms with Gasteiger partial charge in [-0.15, -0.1) is 0 Å². The van der Waals surface area contributed by atoms with E-state index < -0.39 is 30.3 Å². The molecule has 3 aliphatic carbocycles. The third kappa shape index (κ3) is 3.58. The molecule has 0 unspecified atom stereocenters. The van der Waals surface area contributed by atoms with Crippen molar-refractivity contribution in [2.75, 3.05) is 16.8 Å². The standard InChI is InChI=1S/C31H23N3O6/c1-16-13-23(33-40-16)32-24(35)15-39-31(38)17-7-6-8-18(14-17)34-29(36)27-25-19-9-2-3-10-20(19)26(28(27)30(34)37)22-12-5-4-11-21(22)25/h2-14,25-28H,15H2,1H3,(H,32,33,35)/t25?,26?,27-,28-/m1/s1. The number of anilines is 2. The molecule has 1 fully saturated rings. The van der Waals surface area contributed by atoms with E-state index in [1.165, 1.54) is 23.1 Å². The average molecular weight is 534 g/mol. The van der Waals surface area contributed by atoms with Gasteiger partial charge >= 0.3 is 5.97 Å². The lowest BCUT2D eigenvalue weighted by Gasteiger charge is -2.45. The van der Waals surface area contributed by atoms with Crippen LogP contribution in [0.3, 0.4) is 0 Å². The second kappa shape index (κ2) is 9.01. The van der Waals surface area contributed by atoms with Gasteiger partial charge in [-0.25, -0.2) is 9.69 Å². The van der Waals surface area contributed by atoms with Crippen molar-refractivity contribution in [2.24, 2.45) is 11.8 Å². The third-order valence-electron chi connectivity index (χ3n) is 8.02. The lowest BCUT2D eigenvalue weighted by Crippen LogP contribution is -2.41. The van der Waals surface area contributed by atoms with E-state index in [9.17, 15) is 19.2 Å². The van der Waals surface area contributed by atoms with E-state index in [1.807, 2.05) is 24.3 Å². The number of amides is 3. The zero-order valence-corrected chi connectivity index (χ0v) is 21.4. The molecule has 2 atom stereocenters. The molecule has 9 heteroatoms. The highest BCUT2D eigenvalue weighted by Gasteiger charge is 2.61. The van der Waals surface area contributed by atoms with Gasteiger partial charge in [0.1, 0.15) is 5.76 Å². The van der Waals surface area contributed by atoms with Crippen molar-refractivity contribution in [1.29, 1.82) is 0 Å². The first kappa shape index (κ1) is 24.0. The van der Waals surface area contributed by atoms with E-state index in [4.69, 9.17) is 9.26 Å². The van der Waals surface area contributed by atoms with Gasteiger partial charge in [-0.1, -0.05) is 59.8 Å². The quantitative estimate of drug-likeness (QED) is 0.302. The predicted octanol–water partition coefficient (Wildman–Crippen LogP) is 4.18. The van der Waals surface area contributed by atoms with Gasteiger partial charge in [0.2, 0.25) is 11.8 Å². The molecule has 9 nitrogen and oxygen atoms in total. The van der Waals surface area contributed by atoms with Gasteiger partial charge in [-0.2, -0.15) is 0 Å². The van der Waals surface area contributed by atoms with Gasteiger partial charge < -0.3 is 14.6 Å². The summed E-state index contributed by atoms with van der Waals surface area (Å²) in [4.78, 5) is 54.0. The Morgan fingerprint density at radius 1 is 0.850 bits per heavy atom. The Hall–Kier alpha value is -5.05. The predicted molar refractivity (Wildman–Crippen MR) is 143 cm³/mol. The molecule has 1 aromatic heterocycles. The van der Waals surface area contributed by atoms with E-state index in [0.29, 0.717) is 11.4 Å². The molecular formula is C31H23N3O6. The second-order valence-electron chi connectivity index (χ2n) is 10.3. The average Bonchev–Trinajstić information content (AvgIpc) is 3.50. The van der Waals surface area contributed by atoms with Gasteiger partial charge in [-0.3, -0.25) is 14.4 Å². The number of carbonyl (C=O) groups excluding carboxylic acids is 4. The first-order valence-corrected chi connectivity index (χ1v) is 13.0. The summed E-state index contributed by atoms with van der Waals surface area (Å²) in [5.74, 6) is -2.65. The van der Waals surface area contributed by atoms with E-state index in [0.717, 1.165) is 22.3 Å². The van der Waals surface area contributed by atoms with Crippen LogP contribution in [0, 0.1) is 18.8 Å². The van der Waals surface area contributed by atoms with Crippen LogP contribution in [0.5, 0.6) is 0 Å². The molecule has 3 amide bonds. The smallest absolute Gasteiger partial charge is 0.338 e. The molecule has 1 N–H and O–H groups in total. The number of nitrogens with one attached hydrogen (secondary N) is 1. The van der Waals surface area contributed by atoms with E-state index in [1.54, 1.807) is 19.1 Å².